The first-order valence-electron chi connectivity index (χ1n) is 6.39. The lowest BCUT2D eigenvalue weighted by molar-refractivity contribution is 0.544. The fourth-order valence-electron chi connectivity index (χ4n) is 2.02. The largest absolute Gasteiger partial charge is 0.310 e. The van der Waals surface area contributed by atoms with Crippen molar-refractivity contribution in [2.24, 2.45) is 0 Å². The number of benzene rings is 1. The third-order valence-corrected chi connectivity index (χ3v) is 4.70. The monoisotopic (exact) mass is 416 g/mol. The molecule has 20 heavy (non-hydrogen) atoms. The first-order chi connectivity index (χ1) is 9.60. The molecule has 0 spiro atoms. The van der Waals surface area contributed by atoms with Crippen LogP contribution in [0.2, 0.25) is 5.02 Å². The van der Waals surface area contributed by atoms with Crippen molar-refractivity contribution in [3.63, 3.8) is 0 Å². The second-order valence-electron chi connectivity index (χ2n) is 4.46. The van der Waals surface area contributed by atoms with Gasteiger partial charge < -0.3 is 5.32 Å². The summed E-state index contributed by atoms with van der Waals surface area (Å²) in [7, 11) is 0. The van der Waals surface area contributed by atoms with Gasteiger partial charge in [0.15, 0.2) is 0 Å². The molecule has 0 radical (unpaired) electrons. The van der Waals surface area contributed by atoms with E-state index in [4.69, 9.17) is 11.6 Å². The van der Waals surface area contributed by atoms with Crippen LogP contribution < -0.4 is 5.32 Å². The van der Waals surface area contributed by atoms with Gasteiger partial charge in [-0.1, -0.05) is 24.6 Å². The van der Waals surface area contributed by atoms with Crippen molar-refractivity contribution in [2.75, 3.05) is 6.54 Å². The molecule has 0 amide bonds. The van der Waals surface area contributed by atoms with E-state index in [-0.39, 0.29) is 6.04 Å². The van der Waals surface area contributed by atoms with E-state index in [9.17, 15) is 0 Å². The molecule has 0 saturated heterocycles. The maximum atomic E-state index is 6.19. The summed E-state index contributed by atoms with van der Waals surface area (Å²) < 4.78 is 1.91. The van der Waals surface area contributed by atoms with Crippen LogP contribution in [0.15, 0.2) is 45.5 Å². The normalized spacial score (nSPS) is 12.4. The van der Waals surface area contributed by atoms with Crippen molar-refractivity contribution in [1.82, 2.24) is 10.3 Å². The quantitative estimate of drug-likeness (QED) is 0.726. The van der Waals surface area contributed by atoms with Gasteiger partial charge in [0.1, 0.15) is 0 Å². The number of nitrogens with zero attached hydrogens (tertiary/aromatic N) is 1. The Morgan fingerprint density at radius 2 is 2.05 bits per heavy atom. The number of nitrogens with one attached hydrogen (secondary N) is 1. The number of aromatic nitrogens is 1. The Morgan fingerprint density at radius 3 is 2.65 bits per heavy atom. The predicted octanol–water partition coefficient (Wildman–Crippen LogP) is 5.15. The molecule has 106 valence electrons. The highest BCUT2D eigenvalue weighted by Crippen LogP contribution is 2.27. The van der Waals surface area contributed by atoms with E-state index in [0.29, 0.717) is 0 Å². The van der Waals surface area contributed by atoms with Crippen molar-refractivity contribution in [2.45, 2.75) is 19.4 Å². The van der Waals surface area contributed by atoms with Gasteiger partial charge in [0.25, 0.3) is 0 Å². The summed E-state index contributed by atoms with van der Waals surface area (Å²) in [6.45, 7) is 3.00. The SMILES string of the molecule is CCNC(Cc1ccc(Br)cn1)c1ccc(Br)c(Cl)c1. The van der Waals surface area contributed by atoms with Gasteiger partial charge in [0.2, 0.25) is 0 Å². The highest BCUT2D eigenvalue weighted by molar-refractivity contribution is 9.10. The topological polar surface area (TPSA) is 24.9 Å². The molecule has 0 fully saturated rings. The molecule has 1 N–H and O–H groups in total. The van der Waals surface area contributed by atoms with E-state index in [1.54, 1.807) is 0 Å². The van der Waals surface area contributed by atoms with E-state index in [1.165, 1.54) is 5.56 Å². The van der Waals surface area contributed by atoms with Crippen molar-refractivity contribution < 1.29 is 0 Å². The summed E-state index contributed by atoms with van der Waals surface area (Å²) in [6.07, 6.45) is 2.66. The van der Waals surface area contributed by atoms with E-state index in [1.807, 2.05) is 30.5 Å². The Morgan fingerprint density at radius 1 is 1.25 bits per heavy atom. The summed E-state index contributed by atoms with van der Waals surface area (Å²) in [5.74, 6) is 0. The molecule has 0 bridgehead atoms. The number of pyridine rings is 1. The Hall–Kier alpha value is -0.420. The number of hydrogen-bond donors (Lipinski definition) is 1. The minimum atomic E-state index is 0.208. The maximum Gasteiger partial charge on any atom is 0.0551 e. The molecule has 2 rings (SSSR count). The minimum absolute atomic E-state index is 0.208. The lowest BCUT2D eigenvalue weighted by Crippen LogP contribution is -2.23. The van der Waals surface area contributed by atoms with Crippen LogP contribution in [0.1, 0.15) is 24.2 Å². The molecule has 1 aromatic carbocycles. The van der Waals surface area contributed by atoms with Gasteiger partial charge in [-0.2, -0.15) is 0 Å². The van der Waals surface area contributed by atoms with Gasteiger partial charge in [-0.05, 0) is 68.2 Å². The molecule has 5 heteroatoms. The fourth-order valence-corrected chi connectivity index (χ4v) is 2.69. The van der Waals surface area contributed by atoms with Gasteiger partial charge in [-0.25, -0.2) is 0 Å². The fraction of sp³-hybridized carbons (Fsp3) is 0.267. The Bertz CT molecular complexity index is 573. The lowest BCUT2D eigenvalue weighted by Gasteiger charge is -2.18. The van der Waals surface area contributed by atoms with Crippen LogP contribution in [0.5, 0.6) is 0 Å². The van der Waals surface area contributed by atoms with Crippen molar-refractivity contribution >= 4 is 43.5 Å². The lowest BCUT2D eigenvalue weighted by atomic mass is 10.0. The summed E-state index contributed by atoms with van der Waals surface area (Å²) in [4.78, 5) is 4.44. The Labute approximate surface area is 141 Å². The zero-order valence-corrected chi connectivity index (χ0v) is 15.0. The van der Waals surface area contributed by atoms with Crippen LogP contribution in [-0.2, 0) is 6.42 Å². The molecule has 2 nitrogen and oxygen atoms in total. The molecule has 1 aromatic heterocycles. The molecule has 1 heterocycles. The van der Waals surface area contributed by atoms with Gasteiger partial charge in [0.05, 0.1) is 5.02 Å². The molecule has 1 atom stereocenters. The molecule has 1 unspecified atom stereocenters. The predicted molar refractivity (Wildman–Crippen MR) is 91.2 cm³/mol. The zero-order valence-electron chi connectivity index (χ0n) is 11.0. The van der Waals surface area contributed by atoms with Gasteiger partial charge in [-0.15, -0.1) is 0 Å². The van der Waals surface area contributed by atoms with E-state index < -0.39 is 0 Å². The zero-order chi connectivity index (χ0) is 14.5. The highest BCUT2D eigenvalue weighted by atomic mass is 79.9. The molecule has 0 aliphatic rings. The number of rotatable bonds is 5. The maximum absolute atomic E-state index is 6.19. The van der Waals surface area contributed by atoms with E-state index in [0.717, 1.165) is 32.6 Å². The van der Waals surface area contributed by atoms with E-state index in [2.05, 4.69) is 55.2 Å². The van der Waals surface area contributed by atoms with Crippen molar-refractivity contribution in [1.29, 1.82) is 0 Å². The first-order valence-corrected chi connectivity index (χ1v) is 8.35. The van der Waals surface area contributed by atoms with Gasteiger partial charge in [-0.3, -0.25) is 4.98 Å². The van der Waals surface area contributed by atoms with Crippen molar-refractivity contribution in [3.8, 4) is 0 Å². The average molecular weight is 419 g/mol. The van der Waals surface area contributed by atoms with Gasteiger partial charge in [0, 0.05) is 33.3 Å². The summed E-state index contributed by atoms with van der Waals surface area (Å²) in [6, 6.07) is 10.3. The third-order valence-electron chi connectivity index (χ3n) is 3.00. The minimum Gasteiger partial charge on any atom is -0.310 e. The summed E-state index contributed by atoms with van der Waals surface area (Å²) >= 11 is 13.0. The van der Waals surface area contributed by atoms with Crippen LogP contribution in [0.25, 0.3) is 0 Å². The standard InChI is InChI=1S/C15H15Br2ClN2/c1-2-19-15(8-12-5-4-11(16)9-20-12)10-3-6-13(17)14(18)7-10/h3-7,9,15,19H,2,8H2,1H3. The van der Waals surface area contributed by atoms with Crippen LogP contribution in [0, 0.1) is 0 Å². The third kappa shape index (κ3) is 4.29. The second-order valence-corrected chi connectivity index (χ2v) is 6.63. The van der Waals surface area contributed by atoms with Crippen molar-refractivity contribution in [3.05, 3.63) is 61.8 Å². The van der Waals surface area contributed by atoms with Crippen LogP contribution in [-0.4, -0.2) is 11.5 Å². The summed E-state index contributed by atoms with van der Waals surface area (Å²) in [5, 5.41) is 4.21. The van der Waals surface area contributed by atoms with Crippen LogP contribution >= 0.6 is 43.5 Å². The molecular formula is C15H15Br2ClN2. The number of halogens is 3. The van der Waals surface area contributed by atoms with Crippen LogP contribution in [0.3, 0.4) is 0 Å². The Balaban J connectivity index is 2.21. The molecular weight excluding hydrogens is 403 g/mol. The van der Waals surface area contributed by atoms with E-state index >= 15 is 0 Å². The summed E-state index contributed by atoms with van der Waals surface area (Å²) in [5.41, 5.74) is 2.22. The first kappa shape index (κ1) is 16.0. The number of hydrogen-bond acceptors (Lipinski definition) is 2. The van der Waals surface area contributed by atoms with Crippen LogP contribution in [0.4, 0.5) is 0 Å². The Kier molecular flexibility index (Phi) is 6.02. The highest BCUT2D eigenvalue weighted by Gasteiger charge is 2.13. The molecule has 0 saturated carbocycles. The molecule has 0 aliphatic carbocycles. The smallest absolute Gasteiger partial charge is 0.0551 e. The molecule has 2 aromatic rings. The number of likely N-dealkylation sites (N-methyl/N-ethyl adjacent to an activating group) is 1. The second kappa shape index (κ2) is 7.55. The molecule has 0 aliphatic heterocycles. The van der Waals surface area contributed by atoms with Gasteiger partial charge >= 0.3 is 0 Å². The average Bonchev–Trinajstić information content (AvgIpc) is 2.44.